The third-order valence-corrected chi connectivity index (χ3v) is 4.00. The SMILES string of the molecule is CCCC1CCC(Nc2cc(N)nc(CC)n2)CC1. The van der Waals surface area contributed by atoms with Crippen LogP contribution in [0.3, 0.4) is 0 Å². The summed E-state index contributed by atoms with van der Waals surface area (Å²) in [6.45, 7) is 4.33. The lowest BCUT2D eigenvalue weighted by atomic mass is 9.83. The molecule has 0 aliphatic heterocycles. The van der Waals surface area contributed by atoms with Crippen LogP contribution in [0.15, 0.2) is 6.07 Å². The maximum atomic E-state index is 5.81. The third kappa shape index (κ3) is 4.08. The molecule has 0 spiro atoms. The molecule has 106 valence electrons. The fourth-order valence-corrected chi connectivity index (χ4v) is 2.96. The van der Waals surface area contributed by atoms with E-state index in [1.165, 1.54) is 38.5 Å². The molecule has 4 nitrogen and oxygen atoms in total. The number of rotatable bonds is 5. The average molecular weight is 262 g/mol. The molecule has 4 heteroatoms. The number of hydrogen-bond acceptors (Lipinski definition) is 4. The van der Waals surface area contributed by atoms with E-state index in [1.54, 1.807) is 0 Å². The van der Waals surface area contributed by atoms with Crippen molar-refractivity contribution in [2.24, 2.45) is 5.92 Å². The normalized spacial score (nSPS) is 23.3. The van der Waals surface area contributed by atoms with Gasteiger partial charge in [0, 0.05) is 18.5 Å². The lowest BCUT2D eigenvalue weighted by molar-refractivity contribution is 0.318. The number of nitrogens with two attached hydrogens (primary N) is 1. The third-order valence-electron chi connectivity index (χ3n) is 4.00. The van der Waals surface area contributed by atoms with Crippen LogP contribution in [-0.4, -0.2) is 16.0 Å². The molecule has 1 aromatic heterocycles. The summed E-state index contributed by atoms with van der Waals surface area (Å²) < 4.78 is 0. The van der Waals surface area contributed by atoms with Crippen molar-refractivity contribution in [1.82, 2.24) is 9.97 Å². The van der Waals surface area contributed by atoms with Gasteiger partial charge in [-0.2, -0.15) is 0 Å². The Morgan fingerprint density at radius 1 is 1.21 bits per heavy atom. The van der Waals surface area contributed by atoms with E-state index in [4.69, 9.17) is 5.73 Å². The molecule has 0 atom stereocenters. The van der Waals surface area contributed by atoms with Crippen LogP contribution in [-0.2, 0) is 6.42 Å². The van der Waals surface area contributed by atoms with Crippen LogP contribution in [0.4, 0.5) is 11.6 Å². The van der Waals surface area contributed by atoms with Gasteiger partial charge in [-0.05, 0) is 31.6 Å². The first-order valence-electron chi connectivity index (χ1n) is 7.61. The fourth-order valence-electron chi connectivity index (χ4n) is 2.96. The Labute approximate surface area is 116 Å². The minimum atomic E-state index is 0.548. The predicted octanol–water partition coefficient (Wildman–Crippen LogP) is 3.39. The van der Waals surface area contributed by atoms with Crippen LogP contribution in [0.1, 0.15) is 58.2 Å². The van der Waals surface area contributed by atoms with Gasteiger partial charge in [0.1, 0.15) is 17.5 Å². The van der Waals surface area contributed by atoms with Gasteiger partial charge >= 0.3 is 0 Å². The summed E-state index contributed by atoms with van der Waals surface area (Å²) in [5.74, 6) is 3.21. The second-order valence-electron chi connectivity index (χ2n) is 5.60. The van der Waals surface area contributed by atoms with Crippen molar-refractivity contribution >= 4 is 11.6 Å². The average Bonchev–Trinajstić information content (AvgIpc) is 2.40. The van der Waals surface area contributed by atoms with Crippen molar-refractivity contribution in [3.05, 3.63) is 11.9 Å². The number of anilines is 2. The van der Waals surface area contributed by atoms with Gasteiger partial charge in [0.2, 0.25) is 0 Å². The summed E-state index contributed by atoms with van der Waals surface area (Å²) >= 11 is 0. The second-order valence-corrected chi connectivity index (χ2v) is 5.60. The molecule has 19 heavy (non-hydrogen) atoms. The molecule has 1 saturated carbocycles. The lowest BCUT2D eigenvalue weighted by Crippen LogP contribution is -2.26. The largest absolute Gasteiger partial charge is 0.384 e. The molecule has 1 aromatic rings. The number of nitrogen functional groups attached to an aromatic ring is 1. The Balaban J connectivity index is 1.90. The molecular weight excluding hydrogens is 236 g/mol. The van der Waals surface area contributed by atoms with Crippen LogP contribution < -0.4 is 11.1 Å². The number of nitrogens with one attached hydrogen (secondary N) is 1. The smallest absolute Gasteiger partial charge is 0.132 e. The zero-order valence-corrected chi connectivity index (χ0v) is 12.2. The van der Waals surface area contributed by atoms with E-state index in [0.29, 0.717) is 11.9 Å². The summed E-state index contributed by atoms with van der Waals surface area (Å²) in [6.07, 6.45) is 8.69. The molecule has 0 amide bonds. The van der Waals surface area contributed by atoms with Crippen LogP contribution in [0, 0.1) is 5.92 Å². The van der Waals surface area contributed by atoms with Crippen LogP contribution in [0.25, 0.3) is 0 Å². The number of aryl methyl sites for hydroxylation is 1. The first kappa shape index (κ1) is 14.1. The maximum absolute atomic E-state index is 5.81. The second kappa shape index (κ2) is 6.73. The topological polar surface area (TPSA) is 63.8 Å². The van der Waals surface area contributed by atoms with Gasteiger partial charge in [-0.25, -0.2) is 9.97 Å². The van der Waals surface area contributed by atoms with Crippen molar-refractivity contribution in [3.63, 3.8) is 0 Å². The Morgan fingerprint density at radius 2 is 1.95 bits per heavy atom. The van der Waals surface area contributed by atoms with E-state index in [0.717, 1.165) is 24.0 Å². The molecule has 0 aromatic carbocycles. The quantitative estimate of drug-likeness (QED) is 0.853. The minimum absolute atomic E-state index is 0.548. The number of hydrogen-bond donors (Lipinski definition) is 2. The Bertz CT molecular complexity index is 397. The molecule has 0 bridgehead atoms. The maximum Gasteiger partial charge on any atom is 0.132 e. The van der Waals surface area contributed by atoms with Gasteiger partial charge in [0.15, 0.2) is 0 Å². The lowest BCUT2D eigenvalue weighted by Gasteiger charge is -2.29. The number of aromatic nitrogens is 2. The summed E-state index contributed by atoms with van der Waals surface area (Å²) in [4.78, 5) is 8.71. The van der Waals surface area contributed by atoms with Gasteiger partial charge in [-0.3, -0.25) is 0 Å². The van der Waals surface area contributed by atoms with Crippen molar-refractivity contribution in [3.8, 4) is 0 Å². The highest BCUT2D eigenvalue weighted by molar-refractivity contribution is 5.45. The minimum Gasteiger partial charge on any atom is -0.384 e. The first-order chi connectivity index (χ1) is 9.21. The van der Waals surface area contributed by atoms with Crippen LogP contribution in [0.2, 0.25) is 0 Å². The van der Waals surface area contributed by atoms with E-state index < -0.39 is 0 Å². The highest BCUT2D eigenvalue weighted by atomic mass is 15.1. The van der Waals surface area contributed by atoms with E-state index >= 15 is 0 Å². The van der Waals surface area contributed by atoms with Gasteiger partial charge in [-0.1, -0.05) is 26.7 Å². The molecule has 1 heterocycles. The molecule has 3 N–H and O–H groups in total. The first-order valence-corrected chi connectivity index (χ1v) is 7.61. The Morgan fingerprint density at radius 3 is 2.58 bits per heavy atom. The molecule has 1 aliphatic rings. The Kier molecular flexibility index (Phi) is 5.00. The predicted molar refractivity (Wildman–Crippen MR) is 80.1 cm³/mol. The van der Waals surface area contributed by atoms with Gasteiger partial charge in [0.25, 0.3) is 0 Å². The summed E-state index contributed by atoms with van der Waals surface area (Å²) in [5, 5.41) is 3.53. The highest BCUT2D eigenvalue weighted by Crippen LogP contribution is 2.29. The highest BCUT2D eigenvalue weighted by Gasteiger charge is 2.20. The summed E-state index contributed by atoms with van der Waals surface area (Å²) in [5.41, 5.74) is 5.81. The standard InChI is InChI=1S/C15H26N4/c1-3-5-11-6-8-12(9-7-11)17-15-10-13(16)18-14(4-2)19-15/h10-12H,3-9H2,1-2H3,(H3,16,17,18,19). The zero-order valence-electron chi connectivity index (χ0n) is 12.2. The van der Waals surface area contributed by atoms with Crippen molar-refractivity contribution in [2.75, 3.05) is 11.1 Å². The number of nitrogens with zero attached hydrogens (tertiary/aromatic N) is 2. The Hall–Kier alpha value is -1.32. The van der Waals surface area contributed by atoms with Gasteiger partial charge < -0.3 is 11.1 Å². The molecule has 1 fully saturated rings. The van der Waals surface area contributed by atoms with Gasteiger partial charge in [-0.15, -0.1) is 0 Å². The van der Waals surface area contributed by atoms with Crippen molar-refractivity contribution in [2.45, 2.75) is 64.8 Å². The molecule has 2 rings (SSSR count). The monoisotopic (exact) mass is 262 g/mol. The van der Waals surface area contributed by atoms with Gasteiger partial charge in [0.05, 0.1) is 0 Å². The fraction of sp³-hybridized carbons (Fsp3) is 0.733. The molecule has 0 saturated heterocycles. The van der Waals surface area contributed by atoms with Crippen LogP contribution in [0.5, 0.6) is 0 Å². The van der Waals surface area contributed by atoms with Crippen LogP contribution >= 0.6 is 0 Å². The van der Waals surface area contributed by atoms with E-state index in [1.807, 2.05) is 6.07 Å². The molecule has 0 radical (unpaired) electrons. The van der Waals surface area contributed by atoms with E-state index in [-0.39, 0.29) is 0 Å². The van der Waals surface area contributed by atoms with E-state index in [2.05, 4.69) is 29.1 Å². The van der Waals surface area contributed by atoms with Crippen molar-refractivity contribution in [1.29, 1.82) is 0 Å². The summed E-state index contributed by atoms with van der Waals surface area (Å²) in [7, 11) is 0. The van der Waals surface area contributed by atoms with E-state index in [9.17, 15) is 0 Å². The molecule has 1 aliphatic carbocycles. The zero-order chi connectivity index (χ0) is 13.7. The molecule has 0 unspecified atom stereocenters. The molecular formula is C15H26N4. The van der Waals surface area contributed by atoms with Crippen molar-refractivity contribution < 1.29 is 0 Å². The summed E-state index contributed by atoms with van der Waals surface area (Å²) in [6, 6.07) is 2.39.